The van der Waals surface area contributed by atoms with E-state index in [0.29, 0.717) is 6.54 Å². The van der Waals surface area contributed by atoms with Gasteiger partial charge >= 0.3 is 0 Å². The molecule has 0 amide bonds. The number of hydrogen-bond acceptors (Lipinski definition) is 2. The molecule has 0 N–H and O–H groups in total. The van der Waals surface area contributed by atoms with E-state index in [1.54, 1.807) is 6.92 Å². The van der Waals surface area contributed by atoms with E-state index in [0.717, 1.165) is 25.9 Å². The molecular formula is C19H35NO. The number of aryl methyl sites for hydroxylation is 1. The Kier molecular flexibility index (Phi) is 17.8. The Morgan fingerprint density at radius 3 is 1.62 bits per heavy atom. The van der Waals surface area contributed by atoms with Crippen LogP contribution in [-0.2, 0) is 4.79 Å². The number of ketones is 1. The Hall–Kier alpha value is -1.15. The first-order valence-corrected chi connectivity index (χ1v) is 8.25. The number of nitrogens with zero attached hydrogens (tertiary/aromatic N) is 1. The molecule has 1 rings (SSSR count). The third-order valence-corrected chi connectivity index (χ3v) is 2.47. The van der Waals surface area contributed by atoms with Crippen molar-refractivity contribution in [2.75, 3.05) is 19.6 Å². The number of hydrogen-bond donors (Lipinski definition) is 0. The van der Waals surface area contributed by atoms with Gasteiger partial charge < -0.3 is 0 Å². The second kappa shape index (κ2) is 16.9. The van der Waals surface area contributed by atoms with Crippen molar-refractivity contribution < 1.29 is 4.79 Å². The van der Waals surface area contributed by atoms with Gasteiger partial charge in [-0.25, -0.2) is 0 Å². The van der Waals surface area contributed by atoms with Crippen molar-refractivity contribution in [2.24, 2.45) is 0 Å². The van der Waals surface area contributed by atoms with E-state index >= 15 is 0 Å². The quantitative estimate of drug-likeness (QED) is 0.726. The summed E-state index contributed by atoms with van der Waals surface area (Å²) in [6, 6.07) is 10.3. The summed E-state index contributed by atoms with van der Waals surface area (Å²) in [4.78, 5) is 13.0. The first kappa shape index (κ1) is 22.1. The van der Waals surface area contributed by atoms with Gasteiger partial charge in [-0.05, 0) is 39.8 Å². The maximum Gasteiger partial charge on any atom is 0.143 e. The van der Waals surface area contributed by atoms with Gasteiger partial charge in [0.1, 0.15) is 5.78 Å². The van der Waals surface area contributed by atoms with Crippen LogP contribution in [0.3, 0.4) is 0 Å². The summed E-state index contributed by atoms with van der Waals surface area (Å²) in [5, 5.41) is 0. The van der Waals surface area contributed by atoms with Gasteiger partial charge in [0.25, 0.3) is 0 Å². The van der Waals surface area contributed by atoms with E-state index in [-0.39, 0.29) is 5.78 Å². The van der Waals surface area contributed by atoms with Crippen LogP contribution in [0.15, 0.2) is 30.3 Å². The highest BCUT2D eigenvalue weighted by atomic mass is 16.1. The number of carbonyl (C=O) groups is 1. The zero-order valence-electron chi connectivity index (χ0n) is 15.0. The van der Waals surface area contributed by atoms with Crippen LogP contribution >= 0.6 is 0 Å². The van der Waals surface area contributed by atoms with Crippen LogP contribution in [0.5, 0.6) is 0 Å². The Balaban J connectivity index is 0. The normalized spacial score (nSPS) is 9.29. The number of benzene rings is 1. The Morgan fingerprint density at radius 1 is 0.952 bits per heavy atom. The summed E-state index contributed by atoms with van der Waals surface area (Å²) < 4.78 is 0. The van der Waals surface area contributed by atoms with Crippen molar-refractivity contribution in [2.45, 2.75) is 60.8 Å². The number of Topliss-reactive ketones (excluding diaryl/α,β-unsaturated/α-hetero) is 1. The zero-order valence-corrected chi connectivity index (χ0v) is 15.0. The minimum absolute atomic E-state index is 0.270. The molecular weight excluding hydrogens is 258 g/mol. The van der Waals surface area contributed by atoms with Crippen molar-refractivity contribution in [3.8, 4) is 0 Å². The molecule has 0 saturated carbocycles. The van der Waals surface area contributed by atoms with Gasteiger partial charge in [0, 0.05) is 0 Å². The van der Waals surface area contributed by atoms with Crippen molar-refractivity contribution in [1.82, 2.24) is 4.90 Å². The van der Waals surface area contributed by atoms with Crippen molar-refractivity contribution in [3.63, 3.8) is 0 Å². The van der Waals surface area contributed by atoms with Gasteiger partial charge in [-0.2, -0.15) is 0 Å². The molecule has 0 atom stereocenters. The first-order valence-electron chi connectivity index (χ1n) is 8.25. The number of carbonyl (C=O) groups excluding carboxylic acids is 1. The molecule has 0 spiro atoms. The van der Waals surface area contributed by atoms with E-state index in [1.165, 1.54) is 12.0 Å². The highest BCUT2D eigenvalue weighted by molar-refractivity contribution is 5.77. The smallest absolute Gasteiger partial charge is 0.143 e. The van der Waals surface area contributed by atoms with Gasteiger partial charge in [0.05, 0.1) is 6.54 Å². The summed E-state index contributed by atoms with van der Waals surface area (Å²) in [6.45, 7) is 15.0. The third-order valence-electron chi connectivity index (χ3n) is 2.47. The fraction of sp³-hybridized carbons (Fsp3) is 0.632. The van der Waals surface area contributed by atoms with Crippen molar-refractivity contribution in [1.29, 1.82) is 0 Å². The van der Waals surface area contributed by atoms with Gasteiger partial charge in [-0.15, -0.1) is 0 Å². The molecule has 0 unspecified atom stereocenters. The van der Waals surface area contributed by atoms with Crippen LogP contribution in [-0.4, -0.2) is 30.3 Å². The molecule has 0 heterocycles. The summed E-state index contributed by atoms with van der Waals surface area (Å²) in [5.74, 6) is 0.270. The number of rotatable bonds is 6. The lowest BCUT2D eigenvalue weighted by Gasteiger charge is -2.18. The second-order valence-electron chi connectivity index (χ2n) is 5.34. The Labute approximate surface area is 132 Å². The van der Waals surface area contributed by atoms with E-state index < -0.39 is 0 Å². The zero-order chi connectivity index (χ0) is 16.5. The Bertz CT molecular complexity index is 316. The molecule has 122 valence electrons. The predicted molar refractivity (Wildman–Crippen MR) is 94.8 cm³/mol. The van der Waals surface area contributed by atoms with Gasteiger partial charge in [-0.3, -0.25) is 9.69 Å². The van der Waals surface area contributed by atoms with Crippen molar-refractivity contribution in [3.05, 3.63) is 35.9 Å². The van der Waals surface area contributed by atoms with Gasteiger partial charge in [0.2, 0.25) is 0 Å². The fourth-order valence-corrected chi connectivity index (χ4v) is 1.75. The molecule has 0 aliphatic heterocycles. The van der Waals surface area contributed by atoms with Crippen molar-refractivity contribution >= 4 is 5.78 Å². The van der Waals surface area contributed by atoms with Crippen LogP contribution in [0.25, 0.3) is 0 Å². The van der Waals surface area contributed by atoms with Crippen LogP contribution in [0.1, 0.15) is 59.4 Å². The van der Waals surface area contributed by atoms with E-state index in [9.17, 15) is 4.79 Å². The molecule has 0 radical (unpaired) electrons. The van der Waals surface area contributed by atoms with E-state index in [1.807, 2.05) is 18.2 Å². The summed E-state index contributed by atoms with van der Waals surface area (Å²) in [5.41, 5.74) is 1.32. The molecule has 2 nitrogen and oxygen atoms in total. The minimum atomic E-state index is 0.270. The highest BCUT2D eigenvalue weighted by Crippen LogP contribution is 1.93. The maximum absolute atomic E-state index is 10.8. The molecule has 0 aromatic heterocycles. The molecule has 2 heteroatoms. The molecule has 0 aliphatic rings. The van der Waals surface area contributed by atoms with Gasteiger partial charge in [-0.1, -0.05) is 70.0 Å². The van der Waals surface area contributed by atoms with E-state index in [4.69, 9.17) is 0 Å². The SMILES string of the molecule is CCC.CCCN(CCC)CC(C)=O.Cc1ccccc1. The highest BCUT2D eigenvalue weighted by Gasteiger charge is 2.03. The molecule has 1 aromatic carbocycles. The monoisotopic (exact) mass is 293 g/mol. The molecule has 0 saturated heterocycles. The third kappa shape index (κ3) is 18.9. The topological polar surface area (TPSA) is 20.3 Å². The van der Waals surface area contributed by atoms with E-state index in [2.05, 4.69) is 51.7 Å². The largest absolute Gasteiger partial charge is 0.299 e. The summed E-state index contributed by atoms with van der Waals surface area (Å²) in [6.07, 6.45) is 3.51. The van der Waals surface area contributed by atoms with Crippen LogP contribution in [0.2, 0.25) is 0 Å². The summed E-state index contributed by atoms with van der Waals surface area (Å²) >= 11 is 0. The fourth-order valence-electron chi connectivity index (χ4n) is 1.75. The molecule has 0 aliphatic carbocycles. The van der Waals surface area contributed by atoms with Gasteiger partial charge in [0.15, 0.2) is 0 Å². The maximum atomic E-state index is 10.8. The molecule has 0 fully saturated rings. The lowest BCUT2D eigenvalue weighted by atomic mass is 10.2. The average Bonchev–Trinajstić information content (AvgIpc) is 2.41. The second-order valence-corrected chi connectivity index (χ2v) is 5.34. The molecule has 0 bridgehead atoms. The molecule has 21 heavy (non-hydrogen) atoms. The summed E-state index contributed by atoms with van der Waals surface area (Å²) in [7, 11) is 0. The van der Waals surface area contributed by atoms with Crippen LogP contribution in [0.4, 0.5) is 0 Å². The lowest BCUT2D eigenvalue weighted by molar-refractivity contribution is -0.118. The van der Waals surface area contributed by atoms with Crippen LogP contribution in [0, 0.1) is 6.92 Å². The Morgan fingerprint density at radius 2 is 1.38 bits per heavy atom. The van der Waals surface area contributed by atoms with Crippen LogP contribution < -0.4 is 0 Å². The standard InChI is InChI=1S/C9H19NO.C7H8.C3H8/c1-4-6-10(7-5-2)8-9(3)11;1-7-5-3-2-4-6-7;1-3-2/h4-8H2,1-3H3;2-6H,1H3;3H2,1-2H3. The minimum Gasteiger partial charge on any atom is -0.299 e. The predicted octanol–water partition coefficient (Wildman–Crippen LogP) is 5.11. The lowest BCUT2D eigenvalue weighted by Crippen LogP contribution is -2.30. The average molecular weight is 293 g/mol. The first-order chi connectivity index (χ1) is 10.0. The molecule has 1 aromatic rings.